The van der Waals surface area contributed by atoms with Crippen LogP contribution in [0.25, 0.3) is 10.8 Å². The Balaban J connectivity index is 1.17. The first-order valence-corrected chi connectivity index (χ1v) is 20.4. The summed E-state index contributed by atoms with van der Waals surface area (Å²) < 4.78 is 65.9. The van der Waals surface area contributed by atoms with Crippen molar-refractivity contribution >= 4 is 30.4 Å². The molecule has 0 saturated heterocycles. The van der Waals surface area contributed by atoms with Gasteiger partial charge in [-0.15, -0.1) is 0 Å². The molecule has 0 N–H and O–H groups in total. The number of sulfone groups is 2. The van der Waals surface area contributed by atoms with Crippen LogP contribution in [0.3, 0.4) is 0 Å². The normalized spacial score (nSPS) is 13.4. The molecule has 52 heavy (non-hydrogen) atoms. The highest BCUT2D eigenvalue weighted by Gasteiger charge is 2.28. The lowest BCUT2D eigenvalue weighted by molar-refractivity contribution is 0.0827. The average molecular weight is 733 g/mol. The highest BCUT2D eigenvalue weighted by Crippen LogP contribution is 2.36. The van der Waals surface area contributed by atoms with E-state index >= 15 is 0 Å². The third-order valence-corrected chi connectivity index (χ3v) is 13.7. The van der Waals surface area contributed by atoms with Gasteiger partial charge in [0.05, 0.1) is 19.6 Å². The average Bonchev–Trinajstić information content (AvgIpc) is 3.15. The van der Waals surface area contributed by atoms with Crippen molar-refractivity contribution in [2.45, 2.75) is 85.0 Å². The van der Waals surface area contributed by atoms with Crippen LogP contribution < -0.4 is 9.47 Å². The molecule has 0 aromatic heterocycles. The first-order chi connectivity index (χ1) is 24.6. The Bertz CT molecular complexity index is 2420. The molecule has 6 nitrogen and oxygen atoms in total. The van der Waals surface area contributed by atoms with Crippen LogP contribution in [0.2, 0.25) is 0 Å². The van der Waals surface area contributed by atoms with Gasteiger partial charge >= 0.3 is 0 Å². The Kier molecular flexibility index (Phi) is 10.1. The van der Waals surface area contributed by atoms with Crippen molar-refractivity contribution in [2.24, 2.45) is 0 Å². The predicted molar refractivity (Wildman–Crippen MR) is 207 cm³/mol. The van der Waals surface area contributed by atoms with Crippen LogP contribution in [0.15, 0.2) is 153 Å². The van der Waals surface area contributed by atoms with E-state index < -0.39 is 25.3 Å². The van der Waals surface area contributed by atoms with Crippen molar-refractivity contribution in [1.82, 2.24) is 0 Å². The maximum atomic E-state index is 13.4. The molecule has 0 heterocycles. The number of ether oxygens (including phenoxy) is 2. The summed E-state index contributed by atoms with van der Waals surface area (Å²) in [4.78, 5) is 0.947. The van der Waals surface area contributed by atoms with E-state index in [0.29, 0.717) is 23.7 Å². The molecular weight excluding hydrogens is 689 g/mol. The zero-order chi connectivity index (χ0) is 37.3. The second-order valence-electron chi connectivity index (χ2n) is 14.0. The van der Waals surface area contributed by atoms with Crippen LogP contribution in [-0.2, 0) is 30.7 Å². The van der Waals surface area contributed by atoms with E-state index in [4.69, 9.17) is 9.47 Å². The highest BCUT2D eigenvalue weighted by atomic mass is 32.2. The molecular formula is C44H44O6S2. The molecule has 0 saturated carbocycles. The Morgan fingerprint density at radius 1 is 0.481 bits per heavy atom. The van der Waals surface area contributed by atoms with Gasteiger partial charge in [-0.1, -0.05) is 81.8 Å². The van der Waals surface area contributed by atoms with Crippen molar-refractivity contribution in [3.8, 4) is 17.2 Å². The van der Waals surface area contributed by atoms with E-state index in [1.807, 2.05) is 81.4 Å². The van der Waals surface area contributed by atoms with E-state index in [1.54, 1.807) is 72.8 Å². The van der Waals surface area contributed by atoms with Gasteiger partial charge in [0.15, 0.2) is 0 Å². The van der Waals surface area contributed by atoms with Crippen LogP contribution in [-0.4, -0.2) is 16.8 Å². The smallest absolute Gasteiger partial charge is 0.206 e. The Labute approximate surface area is 307 Å². The predicted octanol–water partition coefficient (Wildman–Crippen LogP) is 11.0. The second kappa shape index (κ2) is 14.2. The zero-order valence-corrected chi connectivity index (χ0v) is 32.0. The minimum atomic E-state index is -3.69. The van der Waals surface area contributed by atoms with Crippen LogP contribution in [0.4, 0.5) is 0 Å². The third kappa shape index (κ3) is 7.50. The standard InChI is InChI=1S/C44H44O6S2/c1-7-43(4,5)34-13-23-40(24-14-34)52(47,48)42-27-19-36(20-28-42)49-37-17-11-32-12-18-38(30-33(32)29-37)50-44(6,8-2)35-15-25-41(26-16-35)51(45,46)39-21-9-31(3)10-22-39/h9-30H,7-8H2,1-6H3. The minimum absolute atomic E-state index is 0.0286. The summed E-state index contributed by atoms with van der Waals surface area (Å²) in [5.41, 5.74) is 2.21. The molecule has 0 aliphatic heterocycles. The van der Waals surface area contributed by atoms with Crippen molar-refractivity contribution in [3.05, 3.63) is 150 Å². The molecule has 0 aliphatic carbocycles. The third-order valence-electron chi connectivity index (χ3n) is 10.1. The van der Waals surface area contributed by atoms with Crippen molar-refractivity contribution in [2.75, 3.05) is 0 Å². The molecule has 1 atom stereocenters. The molecule has 6 aromatic rings. The first-order valence-electron chi connectivity index (χ1n) is 17.4. The fraction of sp³-hybridized carbons (Fsp3) is 0.227. The summed E-state index contributed by atoms with van der Waals surface area (Å²) in [5.74, 6) is 1.77. The monoisotopic (exact) mass is 732 g/mol. The zero-order valence-electron chi connectivity index (χ0n) is 30.4. The van der Waals surface area contributed by atoms with Gasteiger partial charge < -0.3 is 9.47 Å². The SMILES string of the molecule is CCC(C)(C)c1ccc(S(=O)(=O)c2ccc(Oc3ccc4ccc(OC(C)(CC)c5ccc(S(=O)(=O)c6ccc(C)cc6)cc5)cc4c3)cc2)cc1. The van der Waals surface area contributed by atoms with Gasteiger partial charge in [-0.2, -0.15) is 0 Å². The van der Waals surface area contributed by atoms with E-state index in [9.17, 15) is 16.8 Å². The number of hydrogen-bond donors (Lipinski definition) is 0. The lowest BCUT2D eigenvalue weighted by Crippen LogP contribution is -2.28. The lowest BCUT2D eigenvalue weighted by Gasteiger charge is -2.30. The maximum Gasteiger partial charge on any atom is 0.206 e. The minimum Gasteiger partial charge on any atom is -0.483 e. The summed E-state index contributed by atoms with van der Waals surface area (Å²) in [6.45, 7) is 12.4. The molecule has 0 amide bonds. The van der Waals surface area contributed by atoms with Gasteiger partial charge in [0.1, 0.15) is 22.8 Å². The van der Waals surface area contributed by atoms with E-state index in [0.717, 1.165) is 33.9 Å². The first kappa shape index (κ1) is 36.9. The Hall–Kier alpha value is -4.92. The Morgan fingerprint density at radius 2 is 0.904 bits per heavy atom. The number of hydrogen-bond acceptors (Lipinski definition) is 6. The van der Waals surface area contributed by atoms with E-state index in [2.05, 4.69) is 20.8 Å². The summed E-state index contributed by atoms with van der Waals surface area (Å²) in [7, 11) is -7.33. The van der Waals surface area contributed by atoms with Crippen LogP contribution in [0, 0.1) is 6.92 Å². The lowest BCUT2D eigenvalue weighted by atomic mass is 9.82. The highest BCUT2D eigenvalue weighted by molar-refractivity contribution is 7.91. The molecule has 6 rings (SSSR count). The summed E-state index contributed by atoms with van der Waals surface area (Å²) >= 11 is 0. The molecule has 1 unspecified atom stereocenters. The second-order valence-corrected chi connectivity index (χ2v) is 17.9. The maximum absolute atomic E-state index is 13.4. The largest absolute Gasteiger partial charge is 0.483 e. The van der Waals surface area contributed by atoms with E-state index in [1.165, 1.54) is 0 Å². The van der Waals surface area contributed by atoms with Gasteiger partial charge in [-0.05, 0) is 139 Å². The number of fused-ring (bicyclic) bond motifs is 1. The molecule has 268 valence electrons. The fourth-order valence-electron chi connectivity index (χ4n) is 6.01. The molecule has 0 fully saturated rings. The van der Waals surface area contributed by atoms with Crippen molar-refractivity contribution in [1.29, 1.82) is 0 Å². The number of benzene rings is 6. The van der Waals surface area contributed by atoms with Crippen LogP contribution >= 0.6 is 0 Å². The van der Waals surface area contributed by atoms with Gasteiger partial charge in [-0.25, -0.2) is 16.8 Å². The van der Waals surface area contributed by atoms with Crippen LogP contribution in [0.1, 0.15) is 64.2 Å². The van der Waals surface area contributed by atoms with Gasteiger partial charge in [0.2, 0.25) is 19.7 Å². The van der Waals surface area contributed by atoms with Gasteiger partial charge in [0, 0.05) is 0 Å². The molecule has 0 aliphatic rings. The molecule has 8 heteroatoms. The Morgan fingerprint density at radius 3 is 1.40 bits per heavy atom. The van der Waals surface area contributed by atoms with Crippen molar-refractivity contribution < 1.29 is 26.3 Å². The molecule has 0 spiro atoms. The molecule has 0 radical (unpaired) electrons. The summed E-state index contributed by atoms with van der Waals surface area (Å²) in [5, 5.41) is 1.90. The molecule has 0 bridgehead atoms. The topological polar surface area (TPSA) is 86.7 Å². The molecule has 6 aromatic carbocycles. The van der Waals surface area contributed by atoms with E-state index in [-0.39, 0.29) is 25.0 Å². The number of rotatable bonds is 12. The quantitative estimate of drug-likeness (QED) is 0.124. The van der Waals surface area contributed by atoms with Gasteiger partial charge in [0.25, 0.3) is 0 Å². The van der Waals surface area contributed by atoms with Gasteiger partial charge in [-0.3, -0.25) is 0 Å². The fourth-order valence-corrected chi connectivity index (χ4v) is 8.54. The summed E-state index contributed by atoms with van der Waals surface area (Å²) in [6, 6.07) is 39.0. The summed E-state index contributed by atoms with van der Waals surface area (Å²) in [6.07, 6.45) is 1.60. The van der Waals surface area contributed by atoms with Crippen molar-refractivity contribution in [3.63, 3.8) is 0 Å². The van der Waals surface area contributed by atoms with Crippen LogP contribution in [0.5, 0.6) is 17.2 Å². The number of aryl methyl sites for hydroxylation is 1.